The fourth-order valence-corrected chi connectivity index (χ4v) is 1.64. The first-order valence-electron chi connectivity index (χ1n) is 5.74. The van der Waals surface area contributed by atoms with Crippen molar-refractivity contribution in [2.75, 3.05) is 0 Å². The number of carbonyl (C=O) groups is 1. The number of para-hydroxylation sites is 1. The summed E-state index contributed by atoms with van der Waals surface area (Å²) in [5.74, 6) is 0.463. The maximum atomic E-state index is 11.6. The van der Waals surface area contributed by atoms with Gasteiger partial charge in [-0.1, -0.05) is 49.0 Å². The summed E-state index contributed by atoms with van der Waals surface area (Å²) in [7, 11) is 0. The molecule has 2 rings (SSSR count). The Morgan fingerprint density at radius 1 is 1.06 bits per heavy atom. The van der Waals surface area contributed by atoms with E-state index in [2.05, 4.69) is 6.58 Å². The second-order valence-corrected chi connectivity index (χ2v) is 3.84. The number of hydrogen-bond donors (Lipinski definition) is 0. The Kier molecular flexibility index (Phi) is 3.92. The summed E-state index contributed by atoms with van der Waals surface area (Å²) >= 11 is 0. The zero-order valence-electron chi connectivity index (χ0n) is 10.0. The zero-order valence-corrected chi connectivity index (χ0v) is 10.0. The van der Waals surface area contributed by atoms with Crippen LogP contribution >= 0.6 is 0 Å². The van der Waals surface area contributed by atoms with Gasteiger partial charge < -0.3 is 4.74 Å². The van der Waals surface area contributed by atoms with Crippen LogP contribution < -0.4 is 4.74 Å². The quantitative estimate of drug-likeness (QED) is 0.587. The van der Waals surface area contributed by atoms with Crippen LogP contribution in [-0.2, 0) is 6.61 Å². The molecule has 0 saturated carbocycles. The van der Waals surface area contributed by atoms with Crippen molar-refractivity contribution in [1.82, 2.24) is 0 Å². The molecule has 18 heavy (non-hydrogen) atoms. The lowest BCUT2D eigenvalue weighted by molar-refractivity contribution is 0.104. The highest BCUT2D eigenvalue weighted by atomic mass is 16.5. The van der Waals surface area contributed by atoms with Crippen molar-refractivity contribution in [1.29, 1.82) is 0 Å². The summed E-state index contributed by atoms with van der Waals surface area (Å²) in [5.41, 5.74) is 1.61. The Bertz CT molecular complexity index is 544. The lowest BCUT2D eigenvalue weighted by atomic mass is 10.1. The van der Waals surface area contributed by atoms with E-state index in [-0.39, 0.29) is 5.78 Å². The average Bonchev–Trinajstić information content (AvgIpc) is 2.45. The molecule has 0 aliphatic carbocycles. The molecule has 0 spiro atoms. The van der Waals surface area contributed by atoms with Crippen LogP contribution in [-0.4, -0.2) is 5.78 Å². The van der Waals surface area contributed by atoms with Crippen molar-refractivity contribution >= 4 is 5.78 Å². The number of hydrogen-bond acceptors (Lipinski definition) is 2. The van der Waals surface area contributed by atoms with Crippen molar-refractivity contribution in [3.05, 3.63) is 78.4 Å². The number of ether oxygens (including phenoxy) is 1. The first kappa shape index (κ1) is 12.1. The molecule has 0 heterocycles. The van der Waals surface area contributed by atoms with E-state index < -0.39 is 0 Å². The lowest BCUT2D eigenvalue weighted by Gasteiger charge is -2.09. The van der Waals surface area contributed by atoms with Gasteiger partial charge in [0.2, 0.25) is 0 Å². The molecular weight excluding hydrogens is 224 g/mol. The Morgan fingerprint density at radius 3 is 2.44 bits per heavy atom. The van der Waals surface area contributed by atoms with Crippen molar-refractivity contribution in [2.45, 2.75) is 6.61 Å². The van der Waals surface area contributed by atoms with Crippen molar-refractivity contribution < 1.29 is 9.53 Å². The highest BCUT2D eigenvalue weighted by Gasteiger charge is 2.08. The molecule has 0 radical (unpaired) electrons. The SMILES string of the molecule is C=CC(=O)c1ccccc1OCc1ccccc1. The van der Waals surface area contributed by atoms with Crippen molar-refractivity contribution in [3.8, 4) is 5.75 Å². The van der Waals surface area contributed by atoms with E-state index in [4.69, 9.17) is 4.74 Å². The number of carbonyl (C=O) groups excluding carboxylic acids is 1. The van der Waals surface area contributed by atoms with Gasteiger partial charge in [0.05, 0.1) is 5.56 Å². The van der Waals surface area contributed by atoms with Gasteiger partial charge in [0.15, 0.2) is 5.78 Å². The molecule has 0 unspecified atom stereocenters. The molecule has 0 aromatic heterocycles. The minimum Gasteiger partial charge on any atom is -0.488 e. The van der Waals surface area contributed by atoms with Gasteiger partial charge in [-0.25, -0.2) is 0 Å². The molecule has 0 aliphatic heterocycles. The van der Waals surface area contributed by atoms with E-state index >= 15 is 0 Å². The molecule has 2 aromatic carbocycles. The van der Waals surface area contributed by atoms with Crippen LogP contribution in [0.25, 0.3) is 0 Å². The van der Waals surface area contributed by atoms with Gasteiger partial charge in [-0.3, -0.25) is 4.79 Å². The molecule has 0 bridgehead atoms. The molecular formula is C16H14O2. The third-order valence-electron chi connectivity index (χ3n) is 2.58. The first-order valence-corrected chi connectivity index (χ1v) is 5.74. The van der Waals surface area contributed by atoms with E-state index in [0.717, 1.165) is 5.56 Å². The Balaban J connectivity index is 2.14. The third-order valence-corrected chi connectivity index (χ3v) is 2.58. The second kappa shape index (κ2) is 5.82. The molecule has 0 aliphatic rings. The van der Waals surface area contributed by atoms with Crippen molar-refractivity contribution in [3.63, 3.8) is 0 Å². The second-order valence-electron chi connectivity index (χ2n) is 3.84. The van der Waals surface area contributed by atoms with Crippen LogP contribution in [0.5, 0.6) is 5.75 Å². The molecule has 0 amide bonds. The van der Waals surface area contributed by atoms with Crippen LogP contribution in [0.2, 0.25) is 0 Å². The maximum Gasteiger partial charge on any atom is 0.188 e. The molecule has 2 aromatic rings. The number of rotatable bonds is 5. The van der Waals surface area contributed by atoms with Crippen LogP contribution in [0.3, 0.4) is 0 Å². The fraction of sp³-hybridized carbons (Fsp3) is 0.0625. The standard InChI is InChI=1S/C16H14O2/c1-2-15(17)14-10-6-7-11-16(14)18-12-13-8-4-3-5-9-13/h2-11H,1,12H2. The van der Waals surface area contributed by atoms with Crippen LogP contribution in [0, 0.1) is 0 Å². The normalized spacial score (nSPS) is 9.78. The highest BCUT2D eigenvalue weighted by Crippen LogP contribution is 2.20. The summed E-state index contributed by atoms with van der Waals surface area (Å²) < 4.78 is 5.68. The van der Waals surface area contributed by atoms with Gasteiger partial charge in [-0.15, -0.1) is 0 Å². The maximum absolute atomic E-state index is 11.6. The predicted molar refractivity (Wildman–Crippen MR) is 71.7 cm³/mol. The Labute approximate surface area is 107 Å². The minimum atomic E-state index is -0.126. The van der Waals surface area contributed by atoms with E-state index in [1.165, 1.54) is 6.08 Å². The molecule has 0 saturated heterocycles. The Hall–Kier alpha value is -2.35. The molecule has 90 valence electrons. The Morgan fingerprint density at radius 2 is 1.72 bits per heavy atom. The number of allylic oxidation sites excluding steroid dienone is 1. The largest absolute Gasteiger partial charge is 0.488 e. The first-order chi connectivity index (χ1) is 8.81. The summed E-state index contributed by atoms with van der Waals surface area (Å²) in [6.45, 7) is 3.94. The monoisotopic (exact) mass is 238 g/mol. The van der Waals surface area contributed by atoms with Crippen LogP contribution in [0.15, 0.2) is 67.3 Å². The van der Waals surface area contributed by atoms with Crippen LogP contribution in [0.4, 0.5) is 0 Å². The number of benzene rings is 2. The molecule has 2 nitrogen and oxygen atoms in total. The summed E-state index contributed by atoms with van der Waals surface area (Å²) in [6.07, 6.45) is 1.30. The molecule has 2 heteroatoms. The predicted octanol–water partition coefficient (Wildman–Crippen LogP) is 3.63. The third kappa shape index (κ3) is 2.86. The van der Waals surface area contributed by atoms with Gasteiger partial charge in [0.25, 0.3) is 0 Å². The summed E-state index contributed by atoms with van der Waals surface area (Å²) in [5, 5.41) is 0. The van der Waals surface area contributed by atoms with Crippen LogP contribution in [0.1, 0.15) is 15.9 Å². The van der Waals surface area contributed by atoms with Gasteiger partial charge in [-0.2, -0.15) is 0 Å². The van der Waals surface area contributed by atoms with Gasteiger partial charge >= 0.3 is 0 Å². The molecule has 0 N–H and O–H groups in total. The summed E-state index contributed by atoms with van der Waals surface area (Å²) in [4.78, 5) is 11.6. The van der Waals surface area contributed by atoms with Gasteiger partial charge in [0.1, 0.15) is 12.4 Å². The van der Waals surface area contributed by atoms with E-state index in [1.807, 2.05) is 42.5 Å². The minimum absolute atomic E-state index is 0.126. The van der Waals surface area contributed by atoms with E-state index in [0.29, 0.717) is 17.9 Å². The van der Waals surface area contributed by atoms with E-state index in [9.17, 15) is 4.79 Å². The van der Waals surface area contributed by atoms with Crippen molar-refractivity contribution in [2.24, 2.45) is 0 Å². The smallest absolute Gasteiger partial charge is 0.188 e. The lowest BCUT2D eigenvalue weighted by Crippen LogP contribution is -2.01. The molecule has 0 atom stereocenters. The topological polar surface area (TPSA) is 26.3 Å². The fourth-order valence-electron chi connectivity index (χ4n) is 1.64. The summed E-state index contributed by atoms with van der Waals surface area (Å²) in [6, 6.07) is 17.0. The highest BCUT2D eigenvalue weighted by molar-refractivity contribution is 6.06. The number of ketones is 1. The van der Waals surface area contributed by atoms with Gasteiger partial charge in [-0.05, 0) is 23.8 Å². The van der Waals surface area contributed by atoms with E-state index in [1.54, 1.807) is 12.1 Å². The molecule has 0 fully saturated rings. The van der Waals surface area contributed by atoms with Gasteiger partial charge in [0, 0.05) is 0 Å². The zero-order chi connectivity index (χ0) is 12.8. The average molecular weight is 238 g/mol.